The van der Waals surface area contributed by atoms with Crippen molar-refractivity contribution in [1.82, 2.24) is 4.57 Å². The van der Waals surface area contributed by atoms with Crippen LogP contribution < -0.4 is 4.74 Å². The third-order valence-corrected chi connectivity index (χ3v) is 5.42. The molecule has 4 rings (SSSR count). The zero-order valence-electron chi connectivity index (χ0n) is 17.4. The maximum absolute atomic E-state index is 13.0. The standard InChI is InChI=1S/C26H23NO3/c1-5-17-6-8-18(9-7-17)25(28)19-10-12-23-21(14-19)22-15-20(30-26(29)16(2)3)11-13-24(22)27(23)4/h6-15H,2,5H2,1,3-4H3. The highest BCUT2D eigenvalue weighted by Gasteiger charge is 2.15. The molecule has 0 saturated heterocycles. The SMILES string of the molecule is C=C(C)C(=O)Oc1ccc2c(c1)c1cc(C(=O)c3ccc(CC)cc3)ccc1n2C. The molecule has 0 amide bonds. The highest BCUT2D eigenvalue weighted by molar-refractivity contribution is 6.14. The average Bonchev–Trinajstić information content (AvgIpc) is 3.04. The molecule has 4 nitrogen and oxygen atoms in total. The van der Waals surface area contributed by atoms with E-state index in [1.54, 1.807) is 13.0 Å². The molecule has 0 saturated carbocycles. The molecule has 0 N–H and O–H groups in total. The van der Waals surface area contributed by atoms with Crippen LogP contribution in [0, 0.1) is 0 Å². The maximum atomic E-state index is 13.0. The second-order valence-corrected chi connectivity index (χ2v) is 7.52. The summed E-state index contributed by atoms with van der Waals surface area (Å²) < 4.78 is 7.47. The van der Waals surface area contributed by atoms with Crippen molar-refractivity contribution in [3.8, 4) is 5.75 Å². The molecule has 0 atom stereocenters. The summed E-state index contributed by atoms with van der Waals surface area (Å²) in [6.07, 6.45) is 0.939. The van der Waals surface area contributed by atoms with Gasteiger partial charge in [-0.3, -0.25) is 4.79 Å². The molecule has 30 heavy (non-hydrogen) atoms. The highest BCUT2D eigenvalue weighted by Crippen LogP contribution is 2.32. The van der Waals surface area contributed by atoms with Crippen LogP contribution >= 0.6 is 0 Å². The van der Waals surface area contributed by atoms with Crippen molar-refractivity contribution in [3.63, 3.8) is 0 Å². The number of esters is 1. The molecule has 0 radical (unpaired) electrons. The first kappa shape index (κ1) is 19.6. The zero-order chi connectivity index (χ0) is 21.4. The summed E-state index contributed by atoms with van der Waals surface area (Å²) in [5.74, 6) is -0.0164. The van der Waals surface area contributed by atoms with Gasteiger partial charge in [-0.05, 0) is 55.3 Å². The van der Waals surface area contributed by atoms with Crippen LogP contribution in [-0.2, 0) is 18.3 Å². The Labute approximate surface area is 175 Å². The summed E-state index contributed by atoms with van der Waals surface area (Å²) in [4.78, 5) is 24.9. The molecule has 1 aromatic heterocycles. The lowest BCUT2D eigenvalue weighted by molar-refractivity contribution is -0.130. The summed E-state index contributed by atoms with van der Waals surface area (Å²) in [6.45, 7) is 7.33. The van der Waals surface area contributed by atoms with Crippen LogP contribution in [0.15, 0.2) is 72.8 Å². The lowest BCUT2D eigenvalue weighted by atomic mass is 9.99. The molecule has 0 aliphatic heterocycles. The van der Waals surface area contributed by atoms with Crippen molar-refractivity contribution in [2.75, 3.05) is 0 Å². The molecule has 0 bridgehead atoms. The van der Waals surface area contributed by atoms with Crippen LogP contribution in [0.2, 0.25) is 0 Å². The Morgan fingerprint density at radius 3 is 2.13 bits per heavy atom. The summed E-state index contributed by atoms with van der Waals surface area (Å²) in [6, 6.07) is 19.0. The van der Waals surface area contributed by atoms with Crippen molar-refractivity contribution >= 4 is 33.6 Å². The van der Waals surface area contributed by atoms with E-state index in [-0.39, 0.29) is 5.78 Å². The van der Waals surface area contributed by atoms with Gasteiger partial charge in [-0.25, -0.2) is 4.79 Å². The number of hydrogen-bond donors (Lipinski definition) is 0. The molecule has 0 spiro atoms. The molecule has 150 valence electrons. The Hall–Kier alpha value is -3.66. The van der Waals surface area contributed by atoms with E-state index in [1.165, 1.54) is 5.56 Å². The molecule has 0 aliphatic rings. The summed E-state index contributed by atoms with van der Waals surface area (Å²) >= 11 is 0. The van der Waals surface area contributed by atoms with Gasteiger partial charge in [0.15, 0.2) is 5.78 Å². The number of fused-ring (bicyclic) bond motifs is 3. The fraction of sp³-hybridized carbons (Fsp3) is 0.154. The van der Waals surface area contributed by atoms with Crippen molar-refractivity contribution < 1.29 is 14.3 Å². The predicted molar refractivity (Wildman–Crippen MR) is 120 cm³/mol. The van der Waals surface area contributed by atoms with E-state index in [1.807, 2.05) is 61.6 Å². The first-order valence-corrected chi connectivity index (χ1v) is 9.92. The summed E-state index contributed by atoms with van der Waals surface area (Å²) in [5.41, 5.74) is 4.85. The van der Waals surface area contributed by atoms with E-state index in [2.05, 4.69) is 18.1 Å². The third-order valence-electron chi connectivity index (χ3n) is 5.42. The Balaban J connectivity index is 1.79. The number of aromatic nitrogens is 1. The maximum Gasteiger partial charge on any atom is 0.338 e. The van der Waals surface area contributed by atoms with Crippen molar-refractivity contribution in [2.24, 2.45) is 7.05 Å². The number of ether oxygens (including phenoxy) is 1. The zero-order valence-corrected chi connectivity index (χ0v) is 17.4. The number of aryl methyl sites for hydroxylation is 2. The van der Waals surface area contributed by atoms with Gasteiger partial charge in [0.05, 0.1) is 0 Å². The number of carbonyl (C=O) groups is 2. The fourth-order valence-electron chi connectivity index (χ4n) is 3.65. The number of carbonyl (C=O) groups excluding carboxylic acids is 2. The topological polar surface area (TPSA) is 48.3 Å². The highest BCUT2D eigenvalue weighted by atomic mass is 16.5. The first-order valence-electron chi connectivity index (χ1n) is 9.92. The summed E-state index contributed by atoms with van der Waals surface area (Å²) in [7, 11) is 1.98. The normalized spacial score (nSPS) is 11.0. The monoisotopic (exact) mass is 397 g/mol. The average molecular weight is 397 g/mol. The molecular formula is C26H23NO3. The quantitative estimate of drug-likeness (QED) is 0.190. The van der Waals surface area contributed by atoms with Crippen molar-refractivity contribution in [3.05, 3.63) is 89.5 Å². The van der Waals surface area contributed by atoms with Gasteiger partial charge in [0.25, 0.3) is 0 Å². The van der Waals surface area contributed by atoms with Gasteiger partial charge < -0.3 is 9.30 Å². The lowest BCUT2D eigenvalue weighted by Crippen LogP contribution is -2.07. The van der Waals surface area contributed by atoms with E-state index in [0.717, 1.165) is 28.2 Å². The molecule has 4 heteroatoms. The van der Waals surface area contributed by atoms with Crippen LogP contribution in [0.4, 0.5) is 0 Å². The number of ketones is 1. The Kier molecular flexibility index (Phi) is 5.00. The lowest BCUT2D eigenvalue weighted by Gasteiger charge is -2.04. The van der Waals surface area contributed by atoms with Gasteiger partial charge in [-0.15, -0.1) is 0 Å². The molecule has 4 aromatic rings. The number of benzene rings is 3. The van der Waals surface area contributed by atoms with Gasteiger partial charge in [0.1, 0.15) is 5.75 Å². The van der Waals surface area contributed by atoms with Gasteiger partial charge >= 0.3 is 5.97 Å². The smallest absolute Gasteiger partial charge is 0.338 e. The molecule has 1 heterocycles. The first-order chi connectivity index (χ1) is 14.4. The number of rotatable bonds is 5. The Morgan fingerprint density at radius 2 is 1.50 bits per heavy atom. The van der Waals surface area contributed by atoms with E-state index >= 15 is 0 Å². The largest absolute Gasteiger partial charge is 0.423 e. The van der Waals surface area contributed by atoms with Crippen LogP contribution in [0.5, 0.6) is 5.75 Å². The second kappa shape index (κ2) is 7.64. The number of hydrogen-bond acceptors (Lipinski definition) is 3. The summed E-state index contributed by atoms with van der Waals surface area (Å²) in [5, 5.41) is 1.87. The van der Waals surface area contributed by atoms with E-state index < -0.39 is 5.97 Å². The van der Waals surface area contributed by atoms with Crippen LogP contribution in [0.25, 0.3) is 21.8 Å². The van der Waals surface area contributed by atoms with E-state index in [4.69, 9.17) is 4.74 Å². The molecule has 0 fully saturated rings. The number of nitrogens with zero attached hydrogens (tertiary/aromatic N) is 1. The molecule has 0 aliphatic carbocycles. The second-order valence-electron chi connectivity index (χ2n) is 7.52. The van der Waals surface area contributed by atoms with Gasteiger partial charge in [-0.2, -0.15) is 0 Å². The van der Waals surface area contributed by atoms with Gasteiger partial charge in [0.2, 0.25) is 0 Å². The molecular weight excluding hydrogens is 374 g/mol. The van der Waals surface area contributed by atoms with E-state index in [0.29, 0.717) is 22.4 Å². The van der Waals surface area contributed by atoms with Crippen LogP contribution in [-0.4, -0.2) is 16.3 Å². The molecule has 3 aromatic carbocycles. The Morgan fingerprint density at radius 1 is 0.900 bits per heavy atom. The van der Waals surface area contributed by atoms with Crippen molar-refractivity contribution in [2.45, 2.75) is 20.3 Å². The van der Waals surface area contributed by atoms with Gasteiger partial charge in [0, 0.05) is 45.6 Å². The molecule has 0 unspecified atom stereocenters. The predicted octanol–water partition coefficient (Wildman–Crippen LogP) is 5.61. The van der Waals surface area contributed by atoms with Crippen molar-refractivity contribution in [1.29, 1.82) is 0 Å². The minimum atomic E-state index is -0.457. The minimum absolute atomic E-state index is 0.0126. The van der Waals surface area contributed by atoms with Crippen LogP contribution in [0.1, 0.15) is 35.3 Å². The fourth-order valence-corrected chi connectivity index (χ4v) is 3.65. The minimum Gasteiger partial charge on any atom is -0.423 e. The van der Waals surface area contributed by atoms with Crippen LogP contribution in [0.3, 0.4) is 0 Å². The van der Waals surface area contributed by atoms with E-state index in [9.17, 15) is 9.59 Å². The van der Waals surface area contributed by atoms with Gasteiger partial charge in [-0.1, -0.05) is 37.8 Å². The third kappa shape index (κ3) is 3.41. The Bertz CT molecular complexity index is 1310.